The smallest absolute Gasteiger partial charge is 0.0953 e. The largest absolute Gasteiger partial charge is 0.395 e. The fourth-order valence-corrected chi connectivity index (χ4v) is 5.70. The lowest BCUT2D eigenvalue weighted by Crippen LogP contribution is -2.57. The van der Waals surface area contributed by atoms with E-state index in [1.165, 1.54) is 11.7 Å². The molecule has 0 amide bonds. The quantitative estimate of drug-likeness (QED) is 0.752. The lowest BCUT2D eigenvalue weighted by atomic mass is 10.2. The SMILES string of the molecule is C[Si]1(C)CN(CCO)Cc2ccccc21. The van der Waals surface area contributed by atoms with E-state index in [9.17, 15) is 0 Å². The van der Waals surface area contributed by atoms with Crippen LogP contribution in [0.5, 0.6) is 0 Å². The van der Waals surface area contributed by atoms with Crippen molar-refractivity contribution < 1.29 is 5.11 Å². The molecular weight excluding hydrogens is 202 g/mol. The highest BCUT2D eigenvalue weighted by atomic mass is 28.3. The standard InChI is InChI=1S/C12H19NOSi/c1-15(2)10-13(7-8-14)9-11-5-3-4-6-12(11)15/h3-6,14H,7-10H2,1-2H3. The van der Waals surface area contributed by atoms with E-state index in [0.29, 0.717) is 0 Å². The molecular formula is C12H19NOSi. The van der Waals surface area contributed by atoms with Crippen LogP contribution in [0.3, 0.4) is 0 Å². The van der Waals surface area contributed by atoms with Crippen LogP contribution in [0.2, 0.25) is 13.1 Å². The zero-order chi connectivity index (χ0) is 10.9. The highest BCUT2D eigenvalue weighted by Gasteiger charge is 2.32. The van der Waals surface area contributed by atoms with E-state index in [1.54, 1.807) is 5.19 Å². The van der Waals surface area contributed by atoms with Gasteiger partial charge in [-0.15, -0.1) is 0 Å². The van der Waals surface area contributed by atoms with E-state index in [1.807, 2.05) is 0 Å². The van der Waals surface area contributed by atoms with E-state index in [0.717, 1.165) is 13.1 Å². The van der Waals surface area contributed by atoms with Crippen molar-refractivity contribution >= 4 is 13.3 Å². The highest BCUT2D eigenvalue weighted by Crippen LogP contribution is 2.17. The second-order valence-corrected chi connectivity index (χ2v) is 9.60. The first-order chi connectivity index (χ1) is 7.13. The number of hydrogen-bond acceptors (Lipinski definition) is 2. The Labute approximate surface area is 92.6 Å². The van der Waals surface area contributed by atoms with Crippen LogP contribution < -0.4 is 5.19 Å². The van der Waals surface area contributed by atoms with Crippen molar-refractivity contribution in [3.8, 4) is 0 Å². The van der Waals surface area contributed by atoms with Crippen LogP contribution in [-0.2, 0) is 6.54 Å². The van der Waals surface area contributed by atoms with Crippen LogP contribution >= 0.6 is 0 Å². The van der Waals surface area contributed by atoms with Crippen LogP contribution in [0.15, 0.2) is 24.3 Å². The number of fused-ring (bicyclic) bond motifs is 1. The summed E-state index contributed by atoms with van der Waals surface area (Å²) in [6, 6.07) is 8.78. The van der Waals surface area contributed by atoms with E-state index in [-0.39, 0.29) is 6.61 Å². The summed E-state index contributed by atoms with van der Waals surface area (Å²) in [6.45, 7) is 6.91. The molecule has 0 fully saturated rings. The van der Waals surface area contributed by atoms with Crippen molar-refractivity contribution in [2.24, 2.45) is 0 Å². The molecule has 15 heavy (non-hydrogen) atoms. The number of benzene rings is 1. The molecule has 1 aliphatic rings. The number of aliphatic hydroxyl groups excluding tert-OH is 1. The molecule has 82 valence electrons. The molecule has 1 aliphatic heterocycles. The molecule has 0 atom stereocenters. The highest BCUT2D eigenvalue weighted by molar-refractivity contribution is 6.90. The molecule has 0 saturated carbocycles. The number of β-amino-alcohol motifs (C(OH)–C–C–N with tert-alkyl or cyclic N) is 1. The van der Waals surface area contributed by atoms with Gasteiger partial charge in [0.05, 0.1) is 14.7 Å². The summed E-state index contributed by atoms with van der Waals surface area (Å²) in [5, 5.41) is 10.6. The average Bonchev–Trinajstić information content (AvgIpc) is 2.17. The number of hydrogen-bond donors (Lipinski definition) is 1. The van der Waals surface area contributed by atoms with Crippen molar-refractivity contribution in [1.82, 2.24) is 4.90 Å². The van der Waals surface area contributed by atoms with Gasteiger partial charge in [-0.05, 0) is 11.7 Å². The molecule has 0 bridgehead atoms. The molecule has 0 aromatic heterocycles. The normalized spacial score (nSPS) is 19.9. The fourth-order valence-electron chi connectivity index (χ4n) is 2.56. The molecule has 1 aromatic carbocycles. The minimum atomic E-state index is -1.30. The van der Waals surface area contributed by atoms with Gasteiger partial charge in [-0.25, -0.2) is 0 Å². The van der Waals surface area contributed by atoms with E-state index < -0.39 is 8.07 Å². The third-order valence-electron chi connectivity index (χ3n) is 3.18. The minimum absolute atomic E-state index is 0.270. The Bertz CT molecular complexity index is 351. The first-order valence-electron chi connectivity index (χ1n) is 5.55. The van der Waals surface area contributed by atoms with Gasteiger partial charge in [0.2, 0.25) is 0 Å². The maximum Gasteiger partial charge on any atom is 0.0953 e. The Balaban J connectivity index is 2.31. The number of nitrogens with zero attached hydrogens (tertiary/aromatic N) is 1. The van der Waals surface area contributed by atoms with Gasteiger partial charge in [-0.2, -0.15) is 0 Å². The van der Waals surface area contributed by atoms with Gasteiger partial charge in [-0.1, -0.05) is 42.5 Å². The molecule has 0 unspecified atom stereocenters. The zero-order valence-corrected chi connectivity index (χ0v) is 10.5. The predicted molar refractivity (Wildman–Crippen MR) is 65.9 cm³/mol. The molecule has 3 heteroatoms. The van der Waals surface area contributed by atoms with Crippen molar-refractivity contribution in [2.75, 3.05) is 19.3 Å². The number of aliphatic hydroxyl groups is 1. The summed E-state index contributed by atoms with van der Waals surface area (Å²) in [6.07, 6.45) is 1.17. The van der Waals surface area contributed by atoms with Crippen molar-refractivity contribution in [1.29, 1.82) is 0 Å². The summed E-state index contributed by atoms with van der Waals surface area (Å²) in [4.78, 5) is 2.38. The van der Waals surface area contributed by atoms with E-state index in [4.69, 9.17) is 5.11 Å². The Morgan fingerprint density at radius 3 is 2.80 bits per heavy atom. The maximum atomic E-state index is 9.01. The minimum Gasteiger partial charge on any atom is -0.395 e. The van der Waals surface area contributed by atoms with Gasteiger partial charge in [0, 0.05) is 13.1 Å². The lowest BCUT2D eigenvalue weighted by Gasteiger charge is -2.38. The first kappa shape index (κ1) is 10.9. The van der Waals surface area contributed by atoms with Gasteiger partial charge in [0.25, 0.3) is 0 Å². The van der Waals surface area contributed by atoms with Crippen LogP contribution in [-0.4, -0.2) is 37.4 Å². The molecule has 2 nitrogen and oxygen atoms in total. The van der Waals surface area contributed by atoms with Crippen LogP contribution in [0.25, 0.3) is 0 Å². The van der Waals surface area contributed by atoms with Gasteiger partial charge in [-0.3, -0.25) is 4.90 Å². The average molecular weight is 221 g/mol. The van der Waals surface area contributed by atoms with Crippen LogP contribution in [0, 0.1) is 0 Å². The van der Waals surface area contributed by atoms with Crippen molar-refractivity contribution in [2.45, 2.75) is 19.6 Å². The Morgan fingerprint density at radius 2 is 2.07 bits per heavy atom. The van der Waals surface area contributed by atoms with E-state index >= 15 is 0 Å². The maximum absolute atomic E-state index is 9.01. The molecule has 1 N–H and O–H groups in total. The van der Waals surface area contributed by atoms with Gasteiger partial charge >= 0.3 is 0 Å². The summed E-state index contributed by atoms with van der Waals surface area (Å²) < 4.78 is 0. The van der Waals surface area contributed by atoms with E-state index in [2.05, 4.69) is 42.3 Å². The molecule has 0 radical (unpaired) electrons. The second kappa shape index (κ2) is 4.08. The Kier molecular flexibility index (Phi) is 2.95. The topological polar surface area (TPSA) is 23.5 Å². The van der Waals surface area contributed by atoms with Gasteiger partial charge < -0.3 is 5.11 Å². The zero-order valence-electron chi connectivity index (χ0n) is 9.53. The summed E-state index contributed by atoms with van der Waals surface area (Å²) in [5.74, 6) is 0. The van der Waals surface area contributed by atoms with Gasteiger partial charge in [0.15, 0.2) is 0 Å². The molecule has 0 spiro atoms. The molecule has 1 heterocycles. The molecule has 2 rings (SSSR count). The van der Waals surface area contributed by atoms with Crippen molar-refractivity contribution in [3.05, 3.63) is 29.8 Å². The first-order valence-corrected chi connectivity index (χ1v) is 8.76. The molecule has 1 aromatic rings. The second-order valence-electron chi connectivity index (χ2n) is 4.98. The summed E-state index contributed by atoms with van der Waals surface area (Å²) >= 11 is 0. The molecule has 0 aliphatic carbocycles. The Morgan fingerprint density at radius 1 is 1.33 bits per heavy atom. The van der Waals surface area contributed by atoms with Gasteiger partial charge in [0.1, 0.15) is 0 Å². The lowest BCUT2D eigenvalue weighted by molar-refractivity contribution is 0.206. The van der Waals surface area contributed by atoms with Crippen LogP contribution in [0.1, 0.15) is 5.56 Å². The predicted octanol–water partition coefficient (Wildman–Crippen LogP) is 0.949. The van der Waals surface area contributed by atoms with Crippen LogP contribution in [0.4, 0.5) is 0 Å². The third-order valence-corrected chi connectivity index (χ3v) is 6.36. The Hall–Kier alpha value is -0.643. The summed E-state index contributed by atoms with van der Waals surface area (Å²) in [7, 11) is -1.30. The fraction of sp³-hybridized carbons (Fsp3) is 0.500. The monoisotopic (exact) mass is 221 g/mol. The van der Waals surface area contributed by atoms with Crippen molar-refractivity contribution in [3.63, 3.8) is 0 Å². The molecule has 0 saturated heterocycles. The number of rotatable bonds is 2. The summed E-state index contributed by atoms with van der Waals surface area (Å²) in [5.41, 5.74) is 1.47. The third kappa shape index (κ3) is 2.14.